The first-order valence-corrected chi connectivity index (χ1v) is 8.20. The number of carbonyl (C=O) groups excluding carboxylic acids is 1. The molecule has 2 unspecified atom stereocenters. The highest BCUT2D eigenvalue weighted by atomic mass is 32.2. The summed E-state index contributed by atoms with van der Waals surface area (Å²) in [5.74, 6) is -1.38. The van der Waals surface area contributed by atoms with Crippen molar-refractivity contribution in [3.05, 3.63) is 35.4 Å². The Balaban J connectivity index is 2.61. The molecule has 0 aliphatic carbocycles. The van der Waals surface area contributed by atoms with Crippen molar-refractivity contribution in [1.82, 2.24) is 0 Å². The fourth-order valence-corrected chi connectivity index (χ4v) is 2.67. The third kappa shape index (κ3) is 5.67. The molecule has 21 heavy (non-hydrogen) atoms. The van der Waals surface area contributed by atoms with Crippen molar-refractivity contribution < 1.29 is 23.6 Å². The van der Waals surface area contributed by atoms with Crippen molar-refractivity contribution in [3.63, 3.8) is 0 Å². The van der Waals surface area contributed by atoms with Crippen LogP contribution in [-0.2, 0) is 26.1 Å². The largest absolute Gasteiger partial charge is 0.478 e. The van der Waals surface area contributed by atoms with Gasteiger partial charge < -0.3 is 9.84 Å². The van der Waals surface area contributed by atoms with Gasteiger partial charge in [-0.1, -0.05) is 25.5 Å². The van der Waals surface area contributed by atoms with Gasteiger partial charge in [-0.3, -0.25) is 9.00 Å². The van der Waals surface area contributed by atoms with Gasteiger partial charge in [0.1, 0.15) is 5.25 Å². The molecule has 5 nitrogen and oxygen atoms in total. The molecule has 0 saturated heterocycles. The van der Waals surface area contributed by atoms with Crippen LogP contribution in [0.4, 0.5) is 0 Å². The van der Waals surface area contributed by atoms with E-state index < -0.39 is 28.0 Å². The second kappa shape index (κ2) is 8.56. The molecule has 1 aromatic rings. The number of esters is 1. The van der Waals surface area contributed by atoms with Crippen molar-refractivity contribution in [2.45, 2.75) is 37.7 Å². The van der Waals surface area contributed by atoms with Crippen LogP contribution < -0.4 is 0 Å². The average Bonchev–Trinajstić information content (AvgIpc) is 2.46. The summed E-state index contributed by atoms with van der Waals surface area (Å²) in [4.78, 5) is 22.6. The van der Waals surface area contributed by atoms with Gasteiger partial charge in [0.2, 0.25) is 0 Å². The number of hydrogen-bond acceptors (Lipinski definition) is 4. The number of benzene rings is 1. The quantitative estimate of drug-likeness (QED) is 0.589. The highest BCUT2D eigenvalue weighted by Crippen LogP contribution is 2.11. The molecule has 2 atom stereocenters. The molecule has 1 N–H and O–H groups in total. The smallest absolute Gasteiger partial charge is 0.335 e. The van der Waals surface area contributed by atoms with E-state index in [0.717, 1.165) is 12.8 Å². The molecule has 1 aromatic carbocycles. The lowest BCUT2D eigenvalue weighted by Crippen LogP contribution is -2.26. The molecule has 0 saturated carbocycles. The molecule has 0 bridgehead atoms. The Bertz CT molecular complexity index is 527. The molecule has 0 aromatic heterocycles. The Morgan fingerprint density at radius 3 is 2.71 bits per heavy atom. The minimum Gasteiger partial charge on any atom is -0.478 e. The zero-order chi connectivity index (χ0) is 15.8. The zero-order valence-electron chi connectivity index (χ0n) is 12.2. The minimum absolute atomic E-state index is 0.130. The summed E-state index contributed by atoms with van der Waals surface area (Å²) in [5.41, 5.74) is 0.768. The summed E-state index contributed by atoms with van der Waals surface area (Å²) in [7, 11) is -1.44. The van der Waals surface area contributed by atoms with Crippen molar-refractivity contribution in [2.75, 3.05) is 6.61 Å². The van der Waals surface area contributed by atoms with Gasteiger partial charge in [0.25, 0.3) is 0 Å². The molecule has 0 radical (unpaired) electrons. The maximum Gasteiger partial charge on any atom is 0.335 e. The highest BCUT2D eigenvalue weighted by molar-refractivity contribution is 7.85. The van der Waals surface area contributed by atoms with E-state index in [2.05, 4.69) is 0 Å². The Labute approximate surface area is 126 Å². The van der Waals surface area contributed by atoms with Gasteiger partial charge in [-0.25, -0.2) is 4.79 Å². The first-order chi connectivity index (χ1) is 9.95. The van der Waals surface area contributed by atoms with Crippen LogP contribution in [0.25, 0.3) is 0 Å². The van der Waals surface area contributed by atoms with Crippen LogP contribution in [0, 0.1) is 0 Å². The number of aromatic carboxylic acids is 1. The first kappa shape index (κ1) is 17.4. The van der Waals surface area contributed by atoms with Crippen LogP contribution in [0.3, 0.4) is 0 Å². The van der Waals surface area contributed by atoms with Crippen LogP contribution >= 0.6 is 0 Å². The van der Waals surface area contributed by atoms with E-state index in [-0.39, 0.29) is 11.3 Å². The Hall–Kier alpha value is -1.69. The highest BCUT2D eigenvalue weighted by Gasteiger charge is 2.21. The fourth-order valence-electron chi connectivity index (χ4n) is 1.63. The molecule has 0 spiro atoms. The Morgan fingerprint density at radius 2 is 2.10 bits per heavy atom. The minimum atomic E-state index is -1.44. The van der Waals surface area contributed by atoms with Gasteiger partial charge >= 0.3 is 11.9 Å². The molecule has 0 amide bonds. The molecule has 0 heterocycles. The summed E-state index contributed by atoms with van der Waals surface area (Å²) in [6.45, 7) is 3.89. The summed E-state index contributed by atoms with van der Waals surface area (Å²) in [6.07, 6.45) is 1.71. The SMILES string of the molecule is CCCCOC(=O)C(C)S(=O)Cc1cccc(C(=O)O)c1. The monoisotopic (exact) mass is 312 g/mol. The summed E-state index contributed by atoms with van der Waals surface area (Å²) >= 11 is 0. The predicted octanol–water partition coefficient (Wildman–Crippen LogP) is 2.37. The van der Waals surface area contributed by atoms with E-state index in [1.165, 1.54) is 12.1 Å². The predicted molar refractivity (Wildman–Crippen MR) is 80.6 cm³/mol. The van der Waals surface area contributed by atoms with Gasteiger partial charge in [-0.15, -0.1) is 0 Å². The molecule has 0 aliphatic heterocycles. The molecule has 116 valence electrons. The van der Waals surface area contributed by atoms with Crippen molar-refractivity contribution >= 4 is 22.7 Å². The molecule has 0 aliphatic rings. The topological polar surface area (TPSA) is 80.7 Å². The summed E-state index contributed by atoms with van der Waals surface area (Å²) in [6, 6.07) is 6.23. The number of carbonyl (C=O) groups is 2. The van der Waals surface area contributed by atoms with Crippen molar-refractivity contribution in [1.29, 1.82) is 0 Å². The van der Waals surface area contributed by atoms with Crippen molar-refractivity contribution in [2.24, 2.45) is 0 Å². The van der Waals surface area contributed by atoms with E-state index in [1.54, 1.807) is 19.1 Å². The third-order valence-corrected chi connectivity index (χ3v) is 4.55. The van der Waals surface area contributed by atoms with E-state index in [9.17, 15) is 13.8 Å². The maximum atomic E-state index is 12.1. The number of rotatable bonds is 8. The third-order valence-electron chi connectivity index (χ3n) is 2.95. The Morgan fingerprint density at radius 1 is 1.38 bits per heavy atom. The van der Waals surface area contributed by atoms with E-state index >= 15 is 0 Å². The fraction of sp³-hybridized carbons (Fsp3) is 0.467. The van der Waals surface area contributed by atoms with E-state index in [1.807, 2.05) is 6.92 Å². The molecule has 1 rings (SSSR count). The lowest BCUT2D eigenvalue weighted by Gasteiger charge is -2.11. The van der Waals surface area contributed by atoms with E-state index in [0.29, 0.717) is 12.2 Å². The number of ether oxygens (including phenoxy) is 1. The van der Waals surface area contributed by atoms with Crippen molar-refractivity contribution in [3.8, 4) is 0 Å². The summed E-state index contributed by atoms with van der Waals surface area (Å²) in [5, 5.41) is 8.18. The lowest BCUT2D eigenvalue weighted by atomic mass is 10.1. The number of hydrogen-bond donors (Lipinski definition) is 1. The normalized spacial score (nSPS) is 13.4. The Kier molecular flexibility index (Phi) is 7.08. The molecule has 0 fully saturated rings. The van der Waals surface area contributed by atoms with E-state index in [4.69, 9.17) is 9.84 Å². The van der Waals surface area contributed by atoms with Crippen LogP contribution in [-0.4, -0.2) is 33.1 Å². The summed E-state index contributed by atoms with van der Waals surface area (Å²) < 4.78 is 17.2. The van der Waals surface area contributed by atoms with Gasteiger partial charge in [-0.2, -0.15) is 0 Å². The molecule has 6 heteroatoms. The van der Waals surface area contributed by atoms with Gasteiger partial charge in [0.05, 0.1) is 12.2 Å². The maximum absolute atomic E-state index is 12.1. The number of carboxylic acid groups (broad SMARTS) is 1. The lowest BCUT2D eigenvalue weighted by molar-refractivity contribution is -0.142. The van der Waals surface area contributed by atoms with Crippen LogP contribution in [0.5, 0.6) is 0 Å². The standard InChI is InChI=1S/C15H20O5S/c1-3-4-8-20-15(18)11(2)21(19)10-12-6-5-7-13(9-12)14(16)17/h5-7,9,11H,3-4,8,10H2,1-2H3,(H,16,17). The molecular formula is C15H20O5S. The van der Waals surface area contributed by atoms with Gasteiger partial charge in [-0.05, 0) is 31.0 Å². The van der Waals surface area contributed by atoms with Crippen LogP contribution in [0.2, 0.25) is 0 Å². The second-order valence-electron chi connectivity index (χ2n) is 4.69. The first-order valence-electron chi connectivity index (χ1n) is 6.81. The number of carboxylic acids is 1. The second-order valence-corrected chi connectivity index (χ2v) is 6.45. The molecular weight excluding hydrogens is 292 g/mol. The zero-order valence-corrected chi connectivity index (χ0v) is 13.0. The van der Waals surface area contributed by atoms with Gasteiger partial charge in [0, 0.05) is 16.6 Å². The van der Waals surface area contributed by atoms with Crippen LogP contribution in [0.1, 0.15) is 42.6 Å². The number of unbranched alkanes of at least 4 members (excludes halogenated alkanes) is 1. The van der Waals surface area contributed by atoms with Gasteiger partial charge in [0.15, 0.2) is 0 Å². The average molecular weight is 312 g/mol. The van der Waals surface area contributed by atoms with Crippen LogP contribution in [0.15, 0.2) is 24.3 Å².